The number of ether oxygens (including phenoxy) is 1. The van der Waals surface area contributed by atoms with Gasteiger partial charge in [-0.05, 0) is 44.4 Å². The van der Waals surface area contributed by atoms with Crippen LogP contribution in [0, 0.1) is 17.8 Å². The quantitative estimate of drug-likeness (QED) is 0.661. The number of carbonyl (C=O) groups is 2. The van der Waals surface area contributed by atoms with Gasteiger partial charge in [0.1, 0.15) is 0 Å². The molecule has 0 aliphatic heterocycles. The molecule has 1 spiro atoms. The maximum atomic E-state index is 12.3. The molecule has 3 amide bonds. The van der Waals surface area contributed by atoms with Gasteiger partial charge in [-0.25, -0.2) is 4.79 Å². The van der Waals surface area contributed by atoms with Crippen molar-refractivity contribution in [2.45, 2.75) is 57.6 Å². The SMILES string of the molecule is C#Cc1cccc(NC(=O)CNC(=O)NC2CC(OCC)C23CCCCC3)c1. The zero-order valence-corrected chi connectivity index (χ0v) is 16.4. The second-order valence-corrected chi connectivity index (χ2v) is 7.63. The van der Waals surface area contributed by atoms with E-state index < -0.39 is 0 Å². The van der Waals surface area contributed by atoms with Gasteiger partial charge in [0.2, 0.25) is 5.91 Å². The first-order valence-corrected chi connectivity index (χ1v) is 10.1. The van der Waals surface area contributed by atoms with Crippen molar-refractivity contribution in [2.24, 2.45) is 5.41 Å². The molecule has 0 bridgehead atoms. The summed E-state index contributed by atoms with van der Waals surface area (Å²) in [5.74, 6) is 2.23. The number of terminal acetylenes is 1. The van der Waals surface area contributed by atoms with Gasteiger partial charge in [0.25, 0.3) is 0 Å². The van der Waals surface area contributed by atoms with Gasteiger partial charge in [-0.15, -0.1) is 6.42 Å². The lowest BCUT2D eigenvalue weighted by molar-refractivity contribution is -0.146. The highest BCUT2D eigenvalue weighted by atomic mass is 16.5. The second-order valence-electron chi connectivity index (χ2n) is 7.63. The van der Waals surface area contributed by atoms with Gasteiger partial charge in [0.15, 0.2) is 0 Å². The minimum Gasteiger partial charge on any atom is -0.378 e. The van der Waals surface area contributed by atoms with Gasteiger partial charge in [0.05, 0.1) is 12.6 Å². The number of benzene rings is 1. The first-order valence-electron chi connectivity index (χ1n) is 10.1. The summed E-state index contributed by atoms with van der Waals surface area (Å²) < 4.78 is 5.92. The molecule has 3 rings (SSSR count). The van der Waals surface area contributed by atoms with Crippen LogP contribution in [0.4, 0.5) is 10.5 Å². The average molecular weight is 383 g/mol. The van der Waals surface area contributed by atoms with Gasteiger partial charge in [-0.3, -0.25) is 4.79 Å². The fourth-order valence-electron chi connectivity index (χ4n) is 4.53. The van der Waals surface area contributed by atoms with Crippen LogP contribution < -0.4 is 16.0 Å². The smallest absolute Gasteiger partial charge is 0.315 e. The lowest BCUT2D eigenvalue weighted by atomic mass is 9.55. The molecule has 0 radical (unpaired) electrons. The molecule has 2 aliphatic carbocycles. The maximum Gasteiger partial charge on any atom is 0.315 e. The summed E-state index contributed by atoms with van der Waals surface area (Å²) in [6, 6.07) is 6.84. The minimum absolute atomic E-state index is 0.0590. The number of rotatable bonds is 6. The predicted octanol–water partition coefficient (Wildman–Crippen LogP) is 3.03. The van der Waals surface area contributed by atoms with Crippen molar-refractivity contribution in [1.29, 1.82) is 0 Å². The number of nitrogens with one attached hydrogen (secondary N) is 3. The number of amides is 3. The topological polar surface area (TPSA) is 79.5 Å². The zero-order valence-electron chi connectivity index (χ0n) is 16.4. The summed E-state index contributed by atoms with van der Waals surface area (Å²) in [6.07, 6.45) is 12.2. The van der Waals surface area contributed by atoms with Gasteiger partial charge < -0.3 is 20.7 Å². The summed E-state index contributed by atoms with van der Waals surface area (Å²) in [4.78, 5) is 24.4. The third kappa shape index (κ3) is 4.48. The zero-order chi connectivity index (χ0) is 20.0. The molecule has 3 N–H and O–H groups in total. The van der Waals surface area contributed by atoms with E-state index in [1.807, 2.05) is 6.92 Å². The summed E-state index contributed by atoms with van der Waals surface area (Å²) in [7, 11) is 0. The molecule has 2 aliphatic rings. The number of carbonyl (C=O) groups excluding carboxylic acids is 2. The standard InChI is InChI=1S/C22H29N3O3/c1-3-16-9-8-10-17(13-16)24-20(26)15-23-21(27)25-18-14-19(28-4-2)22(18)11-6-5-7-12-22/h1,8-10,13,18-19H,4-7,11-12,14-15H2,2H3,(H,24,26)(H2,23,25,27). The molecule has 2 saturated carbocycles. The van der Waals surface area contributed by atoms with Gasteiger partial charge in [-0.2, -0.15) is 0 Å². The van der Waals surface area contributed by atoms with Crippen LogP contribution in [0.5, 0.6) is 0 Å². The third-order valence-corrected chi connectivity index (χ3v) is 5.97. The van der Waals surface area contributed by atoms with E-state index in [1.165, 1.54) is 19.3 Å². The van der Waals surface area contributed by atoms with Crippen LogP contribution >= 0.6 is 0 Å². The largest absolute Gasteiger partial charge is 0.378 e. The van der Waals surface area contributed by atoms with Crippen LogP contribution in [0.2, 0.25) is 0 Å². The molecule has 0 heterocycles. The van der Waals surface area contributed by atoms with E-state index in [2.05, 4.69) is 21.9 Å². The Kier molecular flexibility index (Phi) is 6.58. The summed E-state index contributed by atoms with van der Waals surface area (Å²) in [5.41, 5.74) is 1.36. The average Bonchev–Trinajstić information content (AvgIpc) is 2.72. The number of anilines is 1. The van der Waals surface area contributed by atoms with Crippen molar-refractivity contribution in [2.75, 3.05) is 18.5 Å². The lowest BCUT2D eigenvalue weighted by Crippen LogP contribution is -2.66. The van der Waals surface area contributed by atoms with Crippen LogP contribution in [0.25, 0.3) is 0 Å². The van der Waals surface area contributed by atoms with Crippen LogP contribution in [-0.4, -0.2) is 37.2 Å². The molecule has 2 atom stereocenters. The molecule has 2 fully saturated rings. The monoisotopic (exact) mass is 383 g/mol. The predicted molar refractivity (Wildman–Crippen MR) is 109 cm³/mol. The van der Waals surface area contributed by atoms with Crippen LogP contribution in [0.3, 0.4) is 0 Å². The Balaban J connectivity index is 1.47. The molecular formula is C22H29N3O3. The minimum atomic E-state index is -0.308. The summed E-state index contributed by atoms with van der Waals surface area (Å²) in [6.45, 7) is 2.62. The molecule has 2 unspecified atom stereocenters. The van der Waals surface area contributed by atoms with E-state index >= 15 is 0 Å². The highest BCUT2D eigenvalue weighted by Crippen LogP contribution is 2.53. The highest BCUT2D eigenvalue weighted by molar-refractivity contribution is 5.94. The molecule has 150 valence electrons. The fraction of sp³-hybridized carbons (Fsp3) is 0.545. The molecule has 6 nitrogen and oxygen atoms in total. The van der Waals surface area contributed by atoms with Gasteiger partial charge in [-0.1, -0.05) is 31.2 Å². The number of hydrogen-bond acceptors (Lipinski definition) is 3. The first-order chi connectivity index (χ1) is 13.6. The van der Waals surface area contributed by atoms with Crippen LogP contribution in [0.15, 0.2) is 24.3 Å². The summed E-state index contributed by atoms with van der Waals surface area (Å²) in [5, 5.41) is 8.46. The van der Waals surface area contributed by atoms with Crippen molar-refractivity contribution in [1.82, 2.24) is 10.6 Å². The molecule has 1 aromatic carbocycles. The Morgan fingerprint density at radius 3 is 2.79 bits per heavy atom. The number of hydrogen-bond donors (Lipinski definition) is 3. The first kappa shape index (κ1) is 20.2. The summed E-state index contributed by atoms with van der Waals surface area (Å²) >= 11 is 0. The van der Waals surface area contributed by atoms with Crippen molar-refractivity contribution in [3.05, 3.63) is 29.8 Å². The fourth-order valence-corrected chi connectivity index (χ4v) is 4.53. The van der Waals surface area contributed by atoms with E-state index in [9.17, 15) is 9.59 Å². The van der Waals surface area contributed by atoms with E-state index in [1.54, 1.807) is 24.3 Å². The highest BCUT2D eigenvalue weighted by Gasteiger charge is 2.56. The maximum absolute atomic E-state index is 12.3. The molecule has 0 aromatic heterocycles. The normalized spacial score (nSPS) is 22.6. The molecular weight excluding hydrogens is 354 g/mol. The Morgan fingerprint density at radius 2 is 2.07 bits per heavy atom. The Bertz CT molecular complexity index is 750. The van der Waals surface area contributed by atoms with Crippen molar-refractivity contribution in [3.8, 4) is 12.3 Å². The van der Waals surface area contributed by atoms with E-state index in [0.717, 1.165) is 19.3 Å². The van der Waals surface area contributed by atoms with Crippen molar-refractivity contribution >= 4 is 17.6 Å². The van der Waals surface area contributed by atoms with Gasteiger partial charge in [0, 0.05) is 29.3 Å². The molecule has 6 heteroatoms. The molecule has 0 saturated heterocycles. The van der Waals surface area contributed by atoms with Crippen LogP contribution in [0.1, 0.15) is 51.0 Å². The van der Waals surface area contributed by atoms with Gasteiger partial charge >= 0.3 is 6.03 Å². The van der Waals surface area contributed by atoms with E-state index in [-0.39, 0.29) is 36.0 Å². The third-order valence-electron chi connectivity index (χ3n) is 5.97. The van der Waals surface area contributed by atoms with E-state index in [4.69, 9.17) is 11.2 Å². The number of urea groups is 1. The second kappa shape index (κ2) is 9.11. The Morgan fingerprint density at radius 1 is 1.29 bits per heavy atom. The lowest BCUT2D eigenvalue weighted by Gasteiger charge is -2.57. The van der Waals surface area contributed by atoms with Crippen molar-refractivity contribution in [3.63, 3.8) is 0 Å². The van der Waals surface area contributed by atoms with Crippen molar-refractivity contribution < 1.29 is 14.3 Å². The Labute approximate surface area is 166 Å². The molecule has 28 heavy (non-hydrogen) atoms. The van der Waals surface area contributed by atoms with Crippen LogP contribution in [-0.2, 0) is 9.53 Å². The molecule has 1 aromatic rings. The van der Waals surface area contributed by atoms with E-state index in [0.29, 0.717) is 17.9 Å². The Hall–Kier alpha value is -2.52.